The molecule has 1 nitrogen and oxygen atoms in total. The quantitative estimate of drug-likeness (QED) is 0.894. The van der Waals surface area contributed by atoms with Crippen LogP contribution in [0.1, 0.15) is 24.8 Å². The van der Waals surface area contributed by atoms with Gasteiger partial charge in [-0.15, -0.1) is 0 Å². The Kier molecular flexibility index (Phi) is 2.87. The number of benzene rings is 1. The van der Waals surface area contributed by atoms with E-state index in [2.05, 4.69) is 15.9 Å². The van der Waals surface area contributed by atoms with Crippen LogP contribution in [0.4, 0.5) is 0 Å². The lowest BCUT2D eigenvalue weighted by atomic mass is 10.1. The molecule has 1 aliphatic rings. The summed E-state index contributed by atoms with van der Waals surface area (Å²) in [6, 6.07) is 5.80. The largest absolute Gasteiger partial charge is 0.390 e. The minimum Gasteiger partial charge on any atom is -0.390 e. The van der Waals surface area contributed by atoms with Crippen LogP contribution in [-0.2, 0) is 6.42 Å². The second-order valence-electron chi connectivity index (χ2n) is 3.96. The Morgan fingerprint density at radius 2 is 2.14 bits per heavy atom. The van der Waals surface area contributed by atoms with Gasteiger partial charge in [0.25, 0.3) is 0 Å². The highest BCUT2D eigenvalue weighted by Crippen LogP contribution is 2.39. The summed E-state index contributed by atoms with van der Waals surface area (Å²) >= 11 is 9.31. The maximum atomic E-state index is 9.69. The molecule has 0 atom stereocenters. The van der Waals surface area contributed by atoms with Crippen molar-refractivity contribution in [3.8, 4) is 0 Å². The topological polar surface area (TPSA) is 20.2 Å². The highest BCUT2D eigenvalue weighted by atomic mass is 79.9. The van der Waals surface area contributed by atoms with Crippen molar-refractivity contribution in [3.63, 3.8) is 0 Å². The summed E-state index contributed by atoms with van der Waals surface area (Å²) in [6.45, 7) is 0. The standard InChI is InChI=1S/C11H12BrClO/c12-10-7-9(13)2-1-8(10)3-4-11(14)5-6-11/h1-2,7,14H,3-6H2. The van der Waals surface area contributed by atoms with Crippen molar-refractivity contribution in [2.24, 2.45) is 0 Å². The Labute approximate surface area is 97.2 Å². The molecule has 1 aromatic rings. The van der Waals surface area contributed by atoms with Crippen molar-refractivity contribution < 1.29 is 5.11 Å². The molecule has 2 rings (SSSR count). The fourth-order valence-electron chi connectivity index (χ4n) is 1.49. The normalized spacial score (nSPS) is 18.2. The highest BCUT2D eigenvalue weighted by molar-refractivity contribution is 9.10. The van der Waals surface area contributed by atoms with Gasteiger partial charge in [0.1, 0.15) is 0 Å². The van der Waals surface area contributed by atoms with Crippen LogP contribution in [0, 0.1) is 0 Å². The first-order valence-electron chi connectivity index (χ1n) is 4.75. The number of aryl methyl sites for hydroxylation is 1. The second kappa shape index (κ2) is 3.84. The first-order valence-corrected chi connectivity index (χ1v) is 5.92. The summed E-state index contributed by atoms with van der Waals surface area (Å²) in [4.78, 5) is 0. The summed E-state index contributed by atoms with van der Waals surface area (Å²) in [5, 5.41) is 10.4. The molecule has 0 saturated heterocycles. The summed E-state index contributed by atoms with van der Waals surface area (Å²) in [5.41, 5.74) is 0.855. The van der Waals surface area contributed by atoms with Crippen molar-refractivity contribution in [1.82, 2.24) is 0 Å². The van der Waals surface area contributed by atoms with E-state index in [0.29, 0.717) is 0 Å². The maximum Gasteiger partial charge on any atom is 0.0653 e. The summed E-state index contributed by atoms with van der Waals surface area (Å²) in [7, 11) is 0. The molecule has 0 spiro atoms. The molecule has 0 bridgehead atoms. The molecule has 0 radical (unpaired) electrons. The van der Waals surface area contributed by atoms with Crippen molar-refractivity contribution >= 4 is 27.5 Å². The molecular formula is C11H12BrClO. The predicted octanol–water partition coefficient (Wildman–Crippen LogP) is 3.56. The van der Waals surface area contributed by atoms with Gasteiger partial charge in [0.15, 0.2) is 0 Å². The summed E-state index contributed by atoms with van der Waals surface area (Å²) < 4.78 is 1.04. The molecule has 1 fully saturated rings. The molecule has 0 heterocycles. The molecule has 1 aromatic carbocycles. The van der Waals surface area contributed by atoms with E-state index in [1.54, 1.807) is 0 Å². The van der Waals surface area contributed by atoms with Gasteiger partial charge in [0, 0.05) is 9.50 Å². The third-order valence-corrected chi connectivity index (χ3v) is 3.68. The average Bonchev–Trinajstić information content (AvgIpc) is 2.83. The van der Waals surface area contributed by atoms with E-state index in [4.69, 9.17) is 11.6 Å². The third kappa shape index (κ3) is 2.50. The number of halogens is 2. The van der Waals surface area contributed by atoms with E-state index in [-0.39, 0.29) is 5.60 Å². The zero-order chi connectivity index (χ0) is 10.2. The zero-order valence-corrected chi connectivity index (χ0v) is 10.1. The van der Waals surface area contributed by atoms with Crippen LogP contribution in [0.2, 0.25) is 5.02 Å². The van der Waals surface area contributed by atoms with Gasteiger partial charge < -0.3 is 5.11 Å². The molecule has 0 amide bonds. The van der Waals surface area contributed by atoms with Crippen molar-refractivity contribution in [3.05, 3.63) is 33.3 Å². The molecule has 0 aliphatic heterocycles. The molecule has 1 N–H and O–H groups in total. The Morgan fingerprint density at radius 3 is 2.71 bits per heavy atom. The molecule has 1 saturated carbocycles. The van der Waals surface area contributed by atoms with E-state index in [0.717, 1.165) is 35.2 Å². The molecule has 3 heteroatoms. The summed E-state index contributed by atoms with van der Waals surface area (Å²) in [6.07, 6.45) is 3.68. The van der Waals surface area contributed by atoms with Crippen LogP contribution in [0.25, 0.3) is 0 Å². The number of hydrogen-bond acceptors (Lipinski definition) is 1. The van der Waals surface area contributed by atoms with Gasteiger partial charge in [-0.3, -0.25) is 0 Å². The van der Waals surface area contributed by atoms with Gasteiger partial charge in [-0.05, 0) is 43.4 Å². The van der Waals surface area contributed by atoms with Gasteiger partial charge in [0.05, 0.1) is 5.60 Å². The SMILES string of the molecule is OC1(CCc2ccc(Cl)cc2Br)CC1. The van der Waals surface area contributed by atoms with E-state index in [1.807, 2.05) is 18.2 Å². The fourth-order valence-corrected chi connectivity index (χ4v) is 2.37. The molecular weight excluding hydrogens is 263 g/mol. The Balaban J connectivity index is 2.02. The first-order chi connectivity index (χ1) is 6.59. The van der Waals surface area contributed by atoms with Crippen molar-refractivity contribution in [2.75, 3.05) is 0 Å². The fraction of sp³-hybridized carbons (Fsp3) is 0.455. The average molecular weight is 276 g/mol. The van der Waals surface area contributed by atoms with E-state index in [1.165, 1.54) is 5.56 Å². The Bertz CT molecular complexity index is 347. The van der Waals surface area contributed by atoms with Crippen molar-refractivity contribution in [1.29, 1.82) is 0 Å². The van der Waals surface area contributed by atoms with E-state index in [9.17, 15) is 5.11 Å². The monoisotopic (exact) mass is 274 g/mol. The second-order valence-corrected chi connectivity index (χ2v) is 5.25. The van der Waals surface area contributed by atoms with Crippen molar-refractivity contribution in [2.45, 2.75) is 31.3 Å². The number of aliphatic hydroxyl groups is 1. The lowest BCUT2D eigenvalue weighted by Crippen LogP contribution is -2.07. The Hall–Kier alpha value is -0.0500. The number of rotatable bonds is 3. The van der Waals surface area contributed by atoms with Crippen LogP contribution < -0.4 is 0 Å². The minimum absolute atomic E-state index is 0.362. The van der Waals surface area contributed by atoms with Gasteiger partial charge in [-0.2, -0.15) is 0 Å². The van der Waals surface area contributed by atoms with E-state index >= 15 is 0 Å². The van der Waals surface area contributed by atoms with Crippen LogP contribution in [0.5, 0.6) is 0 Å². The van der Waals surface area contributed by atoms with Crippen LogP contribution in [0.3, 0.4) is 0 Å². The van der Waals surface area contributed by atoms with Crippen LogP contribution in [0.15, 0.2) is 22.7 Å². The van der Waals surface area contributed by atoms with Crippen LogP contribution in [-0.4, -0.2) is 10.7 Å². The lowest BCUT2D eigenvalue weighted by molar-refractivity contribution is 0.140. The predicted molar refractivity (Wildman–Crippen MR) is 61.7 cm³/mol. The van der Waals surface area contributed by atoms with Crippen LogP contribution >= 0.6 is 27.5 Å². The third-order valence-electron chi connectivity index (χ3n) is 2.70. The number of hydrogen-bond donors (Lipinski definition) is 1. The maximum absolute atomic E-state index is 9.69. The van der Waals surface area contributed by atoms with E-state index < -0.39 is 0 Å². The molecule has 0 unspecified atom stereocenters. The van der Waals surface area contributed by atoms with Gasteiger partial charge in [-0.1, -0.05) is 33.6 Å². The molecule has 14 heavy (non-hydrogen) atoms. The van der Waals surface area contributed by atoms with Gasteiger partial charge in [0.2, 0.25) is 0 Å². The lowest BCUT2D eigenvalue weighted by Gasteiger charge is -2.08. The molecule has 0 aromatic heterocycles. The zero-order valence-electron chi connectivity index (χ0n) is 7.76. The minimum atomic E-state index is -0.362. The Morgan fingerprint density at radius 1 is 1.43 bits per heavy atom. The smallest absolute Gasteiger partial charge is 0.0653 e. The summed E-state index contributed by atoms with van der Waals surface area (Å²) in [5.74, 6) is 0. The van der Waals surface area contributed by atoms with Gasteiger partial charge >= 0.3 is 0 Å². The highest BCUT2D eigenvalue weighted by Gasteiger charge is 2.39. The van der Waals surface area contributed by atoms with Gasteiger partial charge in [-0.25, -0.2) is 0 Å². The molecule has 1 aliphatic carbocycles. The molecule has 76 valence electrons. The first kappa shape index (κ1) is 10.5.